The summed E-state index contributed by atoms with van der Waals surface area (Å²) < 4.78 is 26.5. The van der Waals surface area contributed by atoms with Crippen LogP contribution in [0.1, 0.15) is 13.8 Å². The molecule has 0 aliphatic rings. The van der Waals surface area contributed by atoms with Crippen LogP contribution >= 0.6 is 28.1 Å². The van der Waals surface area contributed by atoms with Crippen molar-refractivity contribution in [1.29, 1.82) is 0 Å². The van der Waals surface area contributed by atoms with Gasteiger partial charge in [0, 0.05) is 10.5 Å². The number of hydrogen-bond acceptors (Lipinski definition) is 2. The molecule has 0 spiro atoms. The van der Waals surface area contributed by atoms with E-state index in [1.165, 1.54) is 13.8 Å². The van der Waals surface area contributed by atoms with E-state index in [0.717, 1.165) is 6.07 Å². The van der Waals surface area contributed by atoms with E-state index in [-0.39, 0.29) is 15.1 Å². The summed E-state index contributed by atoms with van der Waals surface area (Å²) in [4.78, 5) is 11.9. The Bertz CT molecular complexity index is 497. The Kier molecular flexibility index (Phi) is 4.39. The van der Waals surface area contributed by atoms with Gasteiger partial charge in [0.15, 0.2) is 5.82 Å². The molecule has 1 aromatic carbocycles. The number of benzene rings is 1. The molecule has 0 heterocycles. The molecular weight excluding hydrogens is 326 g/mol. The lowest BCUT2D eigenvalue weighted by Gasteiger charge is -2.22. The quantitative estimate of drug-likeness (QED) is 0.834. The first-order valence-electron chi connectivity index (χ1n) is 4.92. The molecule has 98 valence electrons. The average molecular weight is 337 g/mol. The summed E-state index contributed by atoms with van der Waals surface area (Å²) in [5.74, 6) is -2.19. The van der Waals surface area contributed by atoms with Crippen molar-refractivity contribution in [3.05, 3.63) is 28.2 Å². The summed E-state index contributed by atoms with van der Waals surface area (Å²) in [5, 5.41) is 2.33. The minimum absolute atomic E-state index is 0.0151. The molecule has 0 bridgehead atoms. The molecule has 0 aliphatic heterocycles. The van der Waals surface area contributed by atoms with E-state index in [1.807, 2.05) is 0 Å². The minimum atomic E-state index is -1.13. The molecule has 1 aromatic rings. The molecule has 0 fully saturated rings. The van der Waals surface area contributed by atoms with E-state index in [4.69, 9.17) is 18.0 Å². The molecule has 0 aliphatic carbocycles. The number of hydrogen-bond donors (Lipinski definition) is 2. The lowest BCUT2D eigenvalue weighted by molar-refractivity contribution is -0.121. The van der Waals surface area contributed by atoms with Gasteiger partial charge >= 0.3 is 0 Å². The number of thiocarbonyl (C=S) groups is 1. The number of halogens is 3. The fourth-order valence-corrected chi connectivity index (χ4v) is 1.64. The van der Waals surface area contributed by atoms with Crippen LogP contribution in [0.3, 0.4) is 0 Å². The van der Waals surface area contributed by atoms with Crippen molar-refractivity contribution in [2.45, 2.75) is 13.8 Å². The zero-order valence-corrected chi connectivity index (χ0v) is 12.1. The van der Waals surface area contributed by atoms with Crippen LogP contribution in [0, 0.1) is 17.0 Å². The van der Waals surface area contributed by atoms with Crippen molar-refractivity contribution < 1.29 is 13.6 Å². The Morgan fingerprint density at radius 2 is 2.00 bits per heavy atom. The monoisotopic (exact) mass is 336 g/mol. The van der Waals surface area contributed by atoms with Crippen LogP contribution in [0.4, 0.5) is 14.5 Å². The molecule has 18 heavy (non-hydrogen) atoms. The van der Waals surface area contributed by atoms with Gasteiger partial charge in [0.1, 0.15) is 5.82 Å². The Labute approximate surface area is 117 Å². The fraction of sp³-hybridized carbons (Fsp3) is 0.273. The first kappa shape index (κ1) is 15.0. The maximum Gasteiger partial charge on any atom is 0.236 e. The summed E-state index contributed by atoms with van der Waals surface area (Å²) in [6.45, 7) is 3.03. The van der Waals surface area contributed by atoms with Gasteiger partial charge in [-0.2, -0.15) is 0 Å². The van der Waals surface area contributed by atoms with Crippen LogP contribution in [0.15, 0.2) is 16.6 Å². The van der Waals surface area contributed by atoms with Crippen LogP contribution in [0.25, 0.3) is 0 Å². The molecule has 0 saturated heterocycles. The van der Waals surface area contributed by atoms with Crippen LogP contribution in [-0.4, -0.2) is 10.9 Å². The molecule has 0 aromatic heterocycles. The van der Waals surface area contributed by atoms with Gasteiger partial charge in [0.05, 0.1) is 16.1 Å². The zero-order valence-electron chi connectivity index (χ0n) is 9.68. The second-order valence-corrected chi connectivity index (χ2v) is 5.48. The van der Waals surface area contributed by atoms with Crippen molar-refractivity contribution >= 4 is 44.7 Å². The van der Waals surface area contributed by atoms with Gasteiger partial charge in [0.2, 0.25) is 5.91 Å². The third-order valence-corrected chi connectivity index (χ3v) is 3.56. The largest absolute Gasteiger partial charge is 0.392 e. The highest BCUT2D eigenvalue weighted by atomic mass is 79.9. The lowest BCUT2D eigenvalue weighted by atomic mass is 9.92. The van der Waals surface area contributed by atoms with E-state index in [1.54, 1.807) is 0 Å². The van der Waals surface area contributed by atoms with Crippen LogP contribution in [0.2, 0.25) is 0 Å². The standard InChI is InChI=1S/C11H11BrF2N2OS/c1-11(2,9(15)18)10(17)16-8-6(12)3-5(13)4-7(8)14/h3-4H,1-2H3,(H2,15,18)(H,16,17). The molecule has 0 saturated carbocycles. The molecule has 1 amide bonds. The average Bonchev–Trinajstić information content (AvgIpc) is 2.22. The van der Waals surface area contributed by atoms with Crippen molar-refractivity contribution in [2.75, 3.05) is 5.32 Å². The smallest absolute Gasteiger partial charge is 0.236 e. The predicted molar refractivity (Wildman–Crippen MR) is 73.3 cm³/mol. The summed E-state index contributed by atoms with van der Waals surface area (Å²) in [7, 11) is 0. The topological polar surface area (TPSA) is 55.1 Å². The van der Waals surface area contributed by atoms with Gasteiger partial charge in [-0.15, -0.1) is 0 Å². The lowest BCUT2D eigenvalue weighted by Crippen LogP contribution is -2.41. The highest BCUT2D eigenvalue weighted by molar-refractivity contribution is 9.10. The predicted octanol–water partition coefficient (Wildman–Crippen LogP) is 2.98. The third kappa shape index (κ3) is 3.02. The molecule has 0 atom stereocenters. The maximum absolute atomic E-state index is 13.5. The van der Waals surface area contributed by atoms with E-state index < -0.39 is 23.0 Å². The van der Waals surface area contributed by atoms with Gasteiger partial charge < -0.3 is 11.1 Å². The SMILES string of the molecule is CC(C)(C(=O)Nc1c(F)cc(F)cc1Br)C(N)=S. The van der Waals surface area contributed by atoms with Gasteiger partial charge in [-0.1, -0.05) is 12.2 Å². The first-order valence-corrected chi connectivity index (χ1v) is 6.12. The third-order valence-electron chi connectivity index (χ3n) is 2.43. The van der Waals surface area contributed by atoms with Crippen LogP contribution in [-0.2, 0) is 4.79 Å². The van der Waals surface area contributed by atoms with E-state index in [9.17, 15) is 13.6 Å². The number of nitrogens with two attached hydrogens (primary N) is 1. The highest BCUT2D eigenvalue weighted by Crippen LogP contribution is 2.28. The fourth-order valence-electron chi connectivity index (χ4n) is 1.04. The number of anilines is 1. The summed E-state index contributed by atoms with van der Waals surface area (Å²) in [6.07, 6.45) is 0. The van der Waals surface area contributed by atoms with Crippen molar-refractivity contribution in [3.8, 4) is 0 Å². The number of nitrogens with one attached hydrogen (secondary N) is 1. The first-order chi connectivity index (χ1) is 8.16. The summed E-state index contributed by atoms with van der Waals surface area (Å²) in [5.41, 5.74) is 4.15. The van der Waals surface area contributed by atoms with E-state index >= 15 is 0 Å². The van der Waals surface area contributed by atoms with E-state index in [2.05, 4.69) is 21.2 Å². The normalized spacial score (nSPS) is 11.2. The second-order valence-electron chi connectivity index (χ2n) is 4.19. The van der Waals surface area contributed by atoms with Crippen molar-refractivity contribution in [3.63, 3.8) is 0 Å². The Morgan fingerprint density at radius 1 is 1.44 bits per heavy atom. The molecule has 3 N–H and O–H groups in total. The van der Waals surface area contributed by atoms with Gasteiger partial charge in [0.25, 0.3) is 0 Å². The van der Waals surface area contributed by atoms with Gasteiger partial charge in [-0.05, 0) is 35.8 Å². The minimum Gasteiger partial charge on any atom is -0.392 e. The molecule has 7 heteroatoms. The molecule has 3 nitrogen and oxygen atoms in total. The molecule has 1 rings (SSSR count). The zero-order chi connectivity index (χ0) is 14.1. The van der Waals surface area contributed by atoms with Crippen LogP contribution < -0.4 is 11.1 Å². The Balaban J connectivity index is 3.07. The number of carbonyl (C=O) groups is 1. The van der Waals surface area contributed by atoms with Gasteiger partial charge in [-0.3, -0.25) is 4.79 Å². The number of carbonyl (C=O) groups excluding carboxylic acids is 1. The summed E-state index contributed by atoms with van der Waals surface area (Å²) >= 11 is 7.73. The van der Waals surface area contributed by atoms with Gasteiger partial charge in [-0.25, -0.2) is 8.78 Å². The summed E-state index contributed by atoms with van der Waals surface area (Å²) in [6, 6.07) is 1.72. The second kappa shape index (κ2) is 5.27. The van der Waals surface area contributed by atoms with E-state index in [0.29, 0.717) is 6.07 Å². The number of amides is 1. The van der Waals surface area contributed by atoms with Crippen LogP contribution in [0.5, 0.6) is 0 Å². The highest BCUT2D eigenvalue weighted by Gasteiger charge is 2.31. The molecule has 0 unspecified atom stereocenters. The maximum atomic E-state index is 13.5. The van der Waals surface area contributed by atoms with Crippen molar-refractivity contribution in [1.82, 2.24) is 0 Å². The molecular formula is C11H11BrF2N2OS. The van der Waals surface area contributed by atoms with Crippen molar-refractivity contribution in [2.24, 2.45) is 11.1 Å². The Hall–Kier alpha value is -1.08. The number of rotatable bonds is 3. The Morgan fingerprint density at radius 3 is 2.44 bits per heavy atom. The molecule has 0 radical (unpaired) electrons.